The molecule has 1 aromatic carbocycles. The maximum absolute atomic E-state index is 12.1. The number of hydrogen-bond acceptors (Lipinski definition) is 2. The summed E-state index contributed by atoms with van der Waals surface area (Å²) in [4.78, 5) is 10.6. The number of ether oxygens (including phenoxy) is 1. The quantitative estimate of drug-likeness (QED) is 0.721. The predicted octanol–water partition coefficient (Wildman–Crippen LogP) is 3.02. The van der Waals surface area contributed by atoms with Crippen molar-refractivity contribution in [1.82, 2.24) is 0 Å². The molecule has 2 nitrogen and oxygen atoms in total. The molecule has 2 rings (SSSR count). The van der Waals surface area contributed by atoms with Crippen molar-refractivity contribution in [3.63, 3.8) is 0 Å². The van der Waals surface area contributed by atoms with Crippen LogP contribution in [0.1, 0.15) is 34.7 Å². The van der Waals surface area contributed by atoms with Gasteiger partial charge in [0.1, 0.15) is 18.6 Å². The molecule has 0 spiro atoms. The topological polar surface area (TPSA) is 26.3 Å². The highest BCUT2D eigenvalue weighted by molar-refractivity contribution is 5.76. The number of hydrogen-bond donors (Lipinski definition) is 0. The lowest BCUT2D eigenvalue weighted by Crippen LogP contribution is -2.08. The second kappa shape index (κ2) is 4.60. The van der Waals surface area contributed by atoms with Gasteiger partial charge in [0.2, 0.25) is 0 Å². The first kappa shape index (κ1) is 11.0. The molecule has 0 saturated heterocycles. The van der Waals surface area contributed by atoms with E-state index >= 15 is 0 Å². The van der Waals surface area contributed by atoms with Crippen LogP contribution in [0, 0.1) is 0 Å². The monoisotopic (exact) mass is 226 g/mol. The van der Waals surface area contributed by atoms with E-state index in [0.29, 0.717) is 23.5 Å². The molecule has 0 N–H and O–H groups in total. The van der Waals surface area contributed by atoms with Crippen molar-refractivity contribution in [3.05, 3.63) is 29.3 Å². The Morgan fingerprint density at radius 1 is 1.44 bits per heavy atom. The zero-order chi connectivity index (χ0) is 11.5. The van der Waals surface area contributed by atoms with E-state index in [-0.39, 0.29) is 0 Å². The summed E-state index contributed by atoms with van der Waals surface area (Å²) < 4.78 is 29.1. The van der Waals surface area contributed by atoms with E-state index in [0.717, 1.165) is 18.4 Å². The third-order valence-electron chi connectivity index (χ3n) is 2.56. The van der Waals surface area contributed by atoms with E-state index in [2.05, 4.69) is 0 Å². The van der Waals surface area contributed by atoms with Gasteiger partial charge in [-0.15, -0.1) is 0 Å². The van der Waals surface area contributed by atoms with Crippen LogP contribution in [0.5, 0.6) is 5.75 Å². The molecule has 4 heteroatoms. The average Bonchev–Trinajstić information content (AvgIpc) is 3.09. The predicted molar refractivity (Wildman–Crippen MR) is 55.3 cm³/mol. The summed E-state index contributed by atoms with van der Waals surface area (Å²) >= 11 is 0. The highest BCUT2D eigenvalue weighted by atomic mass is 19.3. The largest absolute Gasteiger partial charge is 0.487 e. The van der Waals surface area contributed by atoms with Crippen molar-refractivity contribution >= 4 is 6.29 Å². The third kappa shape index (κ3) is 2.56. The molecule has 16 heavy (non-hydrogen) atoms. The minimum absolute atomic E-state index is 0.411. The van der Waals surface area contributed by atoms with Crippen molar-refractivity contribution in [2.24, 2.45) is 0 Å². The van der Waals surface area contributed by atoms with E-state index < -0.39 is 13.0 Å². The normalized spacial score (nSPS) is 15.2. The van der Waals surface area contributed by atoms with Crippen LogP contribution in [0.2, 0.25) is 0 Å². The second-order valence-electron chi connectivity index (χ2n) is 3.89. The van der Waals surface area contributed by atoms with Gasteiger partial charge in [0, 0.05) is 5.56 Å². The molecule has 0 aromatic heterocycles. The van der Waals surface area contributed by atoms with Gasteiger partial charge in [-0.25, -0.2) is 8.78 Å². The Bertz CT molecular complexity index is 387. The van der Waals surface area contributed by atoms with E-state index in [1.165, 1.54) is 6.07 Å². The molecule has 0 bridgehead atoms. The number of rotatable bonds is 5. The second-order valence-corrected chi connectivity index (χ2v) is 3.89. The number of carbonyl (C=O) groups is 1. The van der Waals surface area contributed by atoms with E-state index in [9.17, 15) is 13.6 Å². The van der Waals surface area contributed by atoms with Crippen LogP contribution in [-0.2, 0) is 0 Å². The van der Waals surface area contributed by atoms with Gasteiger partial charge in [0.25, 0.3) is 6.43 Å². The first-order valence-electron chi connectivity index (χ1n) is 5.21. The molecule has 0 amide bonds. The molecular formula is C12H12F2O2. The van der Waals surface area contributed by atoms with Crippen molar-refractivity contribution in [1.29, 1.82) is 0 Å². The van der Waals surface area contributed by atoms with Crippen LogP contribution in [-0.4, -0.2) is 19.3 Å². The summed E-state index contributed by atoms with van der Waals surface area (Å²) in [5.41, 5.74) is 1.39. The van der Waals surface area contributed by atoms with Crippen LogP contribution in [0.25, 0.3) is 0 Å². The molecule has 0 radical (unpaired) electrons. The lowest BCUT2D eigenvalue weighted by atomic mass is 10.1. The smallest absolute Gasteiger partial charge is 0.272 e. The van der Waals surface area contributed by atoms with Gasteiger partial charge < -0.3 is 4.74 Å². The van der Waals surface area contributed by atoms with Gasteiger partial charge >= 0.3 is 0 Å². The van der Waals surface area contributed by atoms with Crippen molar-refractivity contribution in [2.45, 2.75) is 25.2 Å². The zero-order valence-electron chi connectivity index (χ0n) is 8.66. The van der Waals surface area contributed by atoms with Crippen molar-refractivity contribution in [3.8, 4) is 5.75 Å². The first-order chi connectivity index (χ1) is 7.70. The molecule has 0 unspecified atom stereocenters. The maximum atomic E-state index is 12.1. The molecule has 1 aliphatic rings. The summed E-state index contributed by atoms with van der Waals surface area (Å²) in [5.74, 6) is 0.834. The fourth-order valence-electron chi connectivity index (χ4n) is 1.63. The lowest BCUT2D eigenvalue weighted by molar-refractivity contribution is 0.0814. The lowest BCUT2D eigenvalue weighted by Gasteiger charge is -2.11. The Balaban J connectivity index is 2.19. The van der Waals surface area contributed by atoms with Crippen LogP contribution in [0.3, 0.4) is 0 Å². The molecule has 1 aliphatic carbocycles. The summed E-state index contributed by atoms with van der Waals surface area (Å²) in [6, 6.07) is 5.02. The van der Waals surface area contributed by atoms with Crippen molar-refractivity contribution in [2.75, 3.05) is 6.61 Å². The average molecular weight is 226 g/mol. The Kier molecular flexibility index (Phi) is 3.17. The summed E-state index contributed by atoms with van der Waals surface area (Å²) in [6.45, 7) is -0.623. The van der Waals surface area contributed by atoms with E-state index in [1.54, 1.807) is 12.1 Å². The van der Waals surface area contributed by atoms with Crippen LogP contribution < -0.4 is 4.74 Å². The number of carbonyl (C=O) groups excluding carboxylic acids is 1. The zero-order valence-corrected chi connectivity index (χ0v) is 8.66. The Hall–Kier alpha value is -1.45. The van der Waals surface area contributed by atoms with Crippen LogP contribution >= 0.6 is 0 Å². The van der Waals surface area contributed by atoms with Crippen LogP contribution in [0.4, 0.5) is 8.78 Å². The molecule has 1 aromatic rings. The van der Waals surface area contributed by atoms with Gasteiger partial charge in [-0.05, 0) is 30.4 Å². The fraction of sp³-hybridized carbons (Fsp3) is 0.417. The SMILES string of the molecule is O=Cc1ccc(C2CC2)c(OCC(F)F)c1. The van der Waals surface area contributed by atoms with Crippen molar-refractivity contribution < 1.29 is 18.3 Å². The summed E-state index contributed by atoms with van der Waals surface area (Å²) in [7, 11) is 0. The van der Waals surface area contributed by atoms with Gasteiger partial charge in [-0.1, -0.05) is 12.1 Å². The summed E-state index contributed by atoms with van der Waals surface area (Å²) in [6.07, 6.45) is 0.315. The van der Waals surface area contributed by atoms with Gasteiger partial charge in [0.15, 0.2) is 0 Å². The molecule has 1 fully saturated rings. The van der Waals surface area contributed by atoms with Gasteiger partial charge in [-0.2, -0.15) is 0 Å². The number of halogens is 2. The molecule has 0 aliphatic heterocycles. The maximum Gasteiger partial charge on any atom is 0.272 e. The number of aldehydes is 1. The van der Waals surface area contributed by atoms with E-state index in [1.807, 2.05) is 0 Å². The minimum Gasteiger partial charge on any atom is -0.487 e. The molecule has 1 saturated carbocycles. The molecular weight excluding hydrogens is 214 g/mol. The Morgan fingerprint density at radius 3 is 2.75 bits per heavy atom. The summed E-state index contributed by atoms with van der Waals surface area (Å²) in [5, 5.41) is 0. The minimum atomic E-state index is -2.49. The molecule has 86 valence electrons. The van der Waals surface area contributed by atoms with Gasteiger partial charge in [-0.3, -0.25) is 4.79 Å². The van der Waals surface area contributed by atoms with Crippen LogP contribution in [0.15, 0.2) is 18.2 Å². The first-order valence-corrected chi connectivity index (χ1v) is 5.21. The van der Waals surface area contributed by atoms with E-state index in [4.69, 9.17) is 4.74 Å². The molecule has 0 atom stereocenters. The Morgan fingerprint density at radius 2 is 2.19 bits per heavy atom. The van der Waals surface area contributed by atoms with Gasteiger partial charge in [0.05, 0.1) is 0 Å². The number of alkyl halides is 2. The highest BCUT2D eigenvalue weighted by Crippen LogP contribution is 2.44. The Labute approximate surface area is 92.2 Å². The fourth-order valence-corrected chi connectivity index (χ4v) is 1.63. The number of benzene rings is 1. The molecule has 0 heterocycles. The standard InChI is InChI=1S/C12H12F2O2/c13-12(14)7-16-11-5-8(6-15)1-4-10(11)9-2-3-9/h1,4-6,9,12H,2-3,7H2. The highest BCUT2D eigenvalue weighted by Gasteiger charge is 2.27. The third-order valence-corrected chi connectivity index (χ3v) is 2.56.